The molecule has 0 bridgehead atoms. The fourth-order valence-corrected chi connectivity index (χ4v) is 2.01. The van der Waals surface area contributed by atoms with Crippen molar-refractivity contribution in [1.82, 2.24) is 9.55 Å². The largest absolute Gasteiger partial charge is 0.485 e. The summed E-state index contributed by atoms with van der Waals surface area (Å²) in [6.07, 6.45) is 1.63. The molecule has 5 nitrogen and oxygen atoms in total. The molecular formula is C13H12N2O3. The van der Waals surface area contributed by atoms with E-state index in [4.69, 9.17) is 9.47 Å². The number of esters is 1. The van der Waals surface area contributed by atoms with Crippen molar-refractivity contribution in [2.24, 2.45) is 0 Å². The second kappa shape index (κ2) is 4.18. The summed E-state index contributed by atoms with van der Waals surface area (Å²) < 4.78 is 12.4. The van der Waals surface area contributed by atoms with Crippen LogP contribution in [0.15, 0.2) is 30.6 Å². The van der Waals surface area contributed by atoms with Crippen LogP contribution in [0.1, 0.15) is 23.1 Å². The van der Waals surface area contributed by atoms with E-state index in [0.29, 0.717) is 18.9 Å². The molecule has 0 atom stereocenters. The van der Waals surface area contributed by atoms with Gasteiger partial charge in [-0.25, -0.2) is 9.78 Å². The molecular weight excluding hydrogens is 232 g/mol. The first-order valence-electron chi connectivity index (χ1n) is 5.76. The first kappa shape index (κ1) is 10.8. The van der Waals surface area contributed by atoms with Gasteiger partial charge < -0.3 is 9.47 Å². The van der Waals surface area contributed by atoms with Crippen molar-refractivity contribution in [3.63, 3.8) is 0 Å². The molecule has 0 spiro atoms. The van der Waals surface area contributed by atoms with E-state index in [9.17, 15) is 4.79 Å². The number of imidazole rings is 1. The van der Waals surface area contributed by atoms with Crippen LogP contribution in [-0.4, -0.2) is 22.1 Å². The highest BCUT2D eigenvalue weighted by molar-refractivity contribution is 5.88. The molecule has 0 saturated heterocycles. The molecule has 3 rings (SSSR count). The number of fused-ring (bicyclic) bond motifs is 3. The molecule has 1 aliphatic rings. The third-order valence-corrected chi connectivity index (χ3v) is 2.82. The number of rotatable bonds is 2. The first-order valence-corrected chi connectivity index (χ1v) is 5.76. The fraction of sp³-hybridized carbons (Fsp3) is 0.231. The van der Waals surface area contributed by atoms with Gasteiger partial charge in [-0.05, 0) is 19.1 Å². The Morgan fingerprint density at radius 1 is 1.50 bits per heavy atom. The van der Waals surface area contributed by atoms with Gasteiger partial charge in [-0.1, -0.05) is 12.1 Å². The van der Waals surface area contributed by atoms with Crippen LogP contribution in [0.5, 0.6) is 5.75 Å². The molecule has 0 saturated carbocycles. The Bertz CT molecular complexity index is 604. The zero-order valence-electron chi connectivity index (χ0n) is 9.92. The number of carbonyl (C=O) groups is 1. The molecule has 0 N–H and O–H groups in total. The summed E-state index contributed by atoms with van der Waals surface area (Å²) in [7, 11) is 0. The minimum absolute atomic E-state index is 0.325. The quantitative estimate of drug-likeness (QED) is 0.757. The summed E-state index contributed by atoms with van der Waals surface area (Å²) in [5.74, 6) is 0.382. The predicted molar refractivity (Wildman–Crippen MR) is 63.9 cm³/mol. The van der Waals surface area contributed by atoms with Gasteiger partial charge in [-0.3, -0.25) is 4.57 Å². The van der Waals surface area contributed by atoms with Crippen LogP contribution in [0.25, 0.3) is 5.69 Å². The molecule has 0 aliphatic carbocycles. The molecule has 2 heterocycles. The Labute approximate surface area is 104 Å². The zero-order valence-corrected chi connectivity index (χ0v) is 9.92. The van der Waals surface area contributed by atoms with E-state index in [2.05, 4.69) is 4.98 Å². The van der Waals surface area contributed by atoms with Crippen LogP contribution in [0.2, 0.25) is 0 Å². The summed E-state index contributed by atoms with van der Waals surface area (Å²) >= 11 is 0. The number of para-hydroxylation sites is 2. The Morgan fingerprint density at radius 3 is 3.17 bits per heavy atom. The Hall–Kier alpha value is -2.30. The highest BCUT2D eigenvalue weighted by Gasteiger charge is 2.24. The van der Waals surface area contributed by atoms with Gasteiger partial charge in [0.05, 0.1) is 18.0 Å². The number of carbonyl (C=O) groups excluding carboxylic acids is 1. The lowest BCUT2D eigenvalue weighted by molar-refractivity contribution is 0.0516. The SMILES string of the molecule is CCOC(=O)c1ncn2c1COc1ccccc1-2. The summed E-state index contributed by atoms with van der Waals surface area (Å²) in [4.78, 5) is 15.9. The lowest BCUT2D eigenvalue weighted by atomic mass is 10.2. The molecule has 2 aromatic rings. The monoisotopic (exact) mass is 244 g/mol. The summed E-state index contributed by atoms with van der Waals surface area (Å²) in [5.41, 5.74) is 1.94. The molecule has 1 aliphatic heterocycles. The second-order valence-electron chi connectivity index (χ2n) is 3.89. The summed E-state index contributed by atoms with van der Waals surface area (Å²) in [6.45, 7) is 2.43. The molecule has 0 amide bonds. The van der Waals surface area contributed by atoms with Crippen molar-refractivity contribution < 1.29 is 14.3 Å². The maximum absolute atomic E-state index is 11.7. The van der Waals surface area contributed by atoms with Gasteiger partial charge in [-0.15, -0.1) is 0 Å². The second-order valence-corrected chi connectivity index (χ2v) is 3.89. The third kappa shape index (κ3) is 1.55. The summed E-state index contributed by atoms with van der Waals surface area (Å²) in [5, 5.41) is 0. The van der Waals surface area contributed by atoms with E-state index in [1.807, 2.05) is 28.8 Å². The molecule has 18 heavy (non-hydrogen) atoms. The minimum atomic E-state index is -0.408. The third-order valence-electron chi connectivity index (χ3n) is 2.82. The maximum Gasteiger partial charge on any atom is 0.358 e. The van der Waals surface area contributed by atoms with Crippen LogP contribution in [0.4, 0.5) is 0 Å². The van der Waals surface area contributed by atoms with E-state index in [1.54, 1.807) is 13.3 Å². The van der Waals surface area contributed by atoms with E-state index in [-0.39, 0.29) is 0 Å². The van der Waals surface area contributed by atoms with Crippen molar-refractivity contribution in [3.05, 3.63) is 42.0 Å². The number of hydrogen-bond acceptors (Lipinski definition) is 4. The van der Waals surface area contributed by atoms with Gasteiger partial charge in [0.1, 0.15) is 18.7 Å². The summed E-state index contributed by atoms with van der Waals surface area (Å²) in [6, 6.07) is 7.64. The van der Waals surface area contributed by atoms with Gasteiger partial charge >= 0.3 is 5.97 Å². The van der Waals surface area contributed by atoms with Crippen molar-refractivity contribution in [2.75, 3.05) is 6.61 Å². The predicted octanol–water partition coefficient (Wildman–Crippen LogP) is 1.94. The first-order chi connectivity index (χ1) is 8.81. The van der Waals surface area contributed by atoms with Crippen LogP contribution in [0, 0.1) is 0 Å². The van der Waals surface area contributed by atoms with Gasteiger partial charge in [0, 0.05) is 0 Å². The highest BCUT2D eigenvalue weighted by atomic mass is 16.5. The van der Waals surface area contributed by atoms with E-state index in [1.165, 1.54) is 0 Å². The lowest BCUT2D eigenvalue weighted by Gasteiger charge is -2.19. The fourth-order valence-electron chi connectivity index (χ4n) is 2.01. The number of aromatic nitrogens is 2. The number of benzene rings is 1. The molecule has 1 aromatic heterocycles. The van der Waals surface area contributed by atoms with Crippen LogP contribution in [0.3, 0.4) is 0 Å². The van der Waals surface area contributed by atoms with Crippen LogP contribution in [-0.2, 0) is 11.3 Å². The average molecular weight is 244 g/mol. The average Bonchev–Trinajstić information content (AvgIpc) is 2.83. The topological polar surface area (TPSA) is 53.3 Å². The highest BCUT2D eigenvalue weighted by Crippen LogP contribution is 2.30. The Balaban J connectivity index is 2.07. The van der Waals surface area contributed by atoms with Crippen LogP contribution >= 0.6 is 0 Å². The zero-order chi connectivity index (χ0) is 12.5. The van der Waals surface area contributed by atoms with Crippen LogP contribution < -0.4 is 4.74 Å². The van der Waals surface area contributed by atoms with Crippen molar-refractivity contribution in [3.8, 4) is 11.4 Å². The van der Waals surface area contributed by atoms with Gasteiger partial charge in [0.2, 0.25) is 0 Å². The molecule has 0 unspecified atom stereocenters. The normalized spacial score (nSPS) is 12.3. The lowest BCUT2D eigenvalue weighted by Crippen LogP contribution is -2.16. The van der Waals surface area contributed by atoms with Crippen molar-refractivity contribution in [2.45, 2.75) is 13.5 Å². The number of hydrogen-bond donors (Lipinski definition) is 0. The minimum Gasteiger partial charge on any atom is -0.485 e. The molecule has 1 aromatic carbocycles. The Morgan fingerprint density at radius 2 is 2.33 bits per heavy atom. The molecule has 0 fully saturated rings. The number of ether oxygens (including phenoxy) is 2. The Kier molecular flexibility index (Phi) is 2.51. The van der Waals surface area contributed by atoms with Gasteiger partial charge in [0.15, 0.2) is 5.69 Å². The molecule has 92 valence electrons. The van der Waals surface area contributed by atoms with Crippen molar-refractivity contribution >= 4 is 5.97 Å². The van der Waals surface area contributed by atoms with Gasteiger partial charge in [-0.2, -0.15) is 0 Å². The molecule has 5 heteroatoms. The van der Waals surface area contributed by atoms with E-state index in [0.717, 1.165) is 17.1 Å². The van der Waals surface area contributed by atoms with E-state index < -0.39 is 5.97 Å². The standard InChI is InChI=1S/C13H12N2O3/c1-2-17-13(16)12-10-7-18-11-6-4-3-5-9(11)15(10)8-14-12/h3-6,8H,2,7H2,1H3. The van der Waals surface area contributed by atoms with E-state index >= 15 is 0 Å². The van der Waals surface area contributed by atoms with Crippen molar-refractivity contribution in [1.29, 1.82) is 0 Å². The smallest absolute Gasteiger partial charge is 0.358 e. The maximum atomic E-state index is 11.7. The molecule has 0 radical (unpaired) electrons. The van der Waals surface area contributed by atoms with Gasteiger partial charge in [0.25, 0.3) is 0 Å². The number of nitrogens with zero attached hydrogens (tertiary/aromatic N) is 2.